The molecule has 2 aromatic heterocycles. The molecule has 0 aliphatic carbocycles. The van der Waals surface area contributed by atoms with Crippen molar-refractivity contribution >= 4 is 0 Å². The molecule has 21 heavy (non-hydrogen) atoms. The maximum absolute atomic E-state index is 5.76. The lowest BCUT2D eigenvalue weighted by molar-refractivity contribution is 0.307. The van der Waals surface area contributed by atoms with Gasteiger partial charge in [0.1, 0.15) is 0 Å². The lowest BCUT2D eigenvalue weighted by Gasteiger charge is -2.11. The number of aromatic nitrogens is 2. The van der Waals surface area contributed by atoms with E-state index in [1.54, 1.807) is 6.20 Å². The van der Waals surface area contributed by atoms with Crippen molar-refractivity contribution in [2.75, 3.05) is 6.61 Å². The second-order valence-corrected chi connectivity index (χ2v) is 5.41. The van der Waals surface area contributed by atoms with Crippen molar-refractivity contribution in [3.63, 3.8) is 0 Å². The molecular formula is C17H23N3O. The zero-order valence-electron chi connectivity index (χ0n) is 13.0. The van der Waals surface area contributed by atoms with Crippen LogP contribution in [0.15, 0.2) is 36.5 Å². The first-order valence-corrected chi connectivity index (χ1v) is 7.37. The van der Waals surface area contributed by atoms with E-state index in [4.69, 9.17) is 4.74 Å². The summed E-state index contributed by atoms with van der Waals surface area (Å²) < 4.78 is 5.76. The molecule has 0 aromatic carbocycles. The summed E-state index contributed by atoms with van der Waals surface area (Å²) in [6, 6.07) is 10.5. The van der Waals surface area contributed by atoms with Gasteiger partial charge in [-0.1, -0.05) is 19.9 Å². The summed E-state index contributed by atoms with van der Waals surface area (Å²) in [5.74, 6) is 0.687. The number of hydrogen-bond acceptors (Lipinski definition) is 4. The van der Waals surface area contributed by atoms with Crippen molar-refractivity contribution in [2.45, 2.75) is 39.8 Å². The highest BCUT2D eigenvalue weighted by molar-refractivity contribution is 5.24. The van der Waals surface area contributed by atoms with Crippen LogP contribution in [0.2, 0.25) is 0 Å². The highest BCUT2D eigenvalue weighted by atomic mass is 16.5. The average molecular weight is 285 g/mol. The van der Waals surface area contributed by atoms with Gasteiger partial charge in [0.2, 0.25) is 5.88 Å². The topological polar surface area (TPSA) is 47.0 Å². The first-order chi connectivity index (χ1) is 10.1. The molecule has 4 heteroatoms. The Balaban J connectivity index is 1.90. The summed E-state index contributed by atoms with van der Waals surface area (Å²) in [7, 11) is 0. The molecule has 2 aromatic rings. The molecule has 2 rings (SSSR count). The van der Waals surface area contributed by atoms with Gasteiger partial charge in [-0.25, -0.2) is 4.98 Å². The van der Waals surface area contributed by atoms with Gasteiger partial charge in [0.15, 0.2) is 0 Å². The molecular weight excluding hydrogens is 262 g/mol. The normalized spacial score (nSPS) is 10.9. The van der Waals surface area contributed by atoms with Crippen LogP contribution >= 0.6 is 0 Å². The van der Waals surface area contributed by atoms with Crippen LogP contribution in [0, 0.1) is 6.92 Å². The highest BCUT2D eigenvalue weighted by Crippen LogP contribution is 2.13. The lowest BCUT2D eigenvalue weighted by atomic mass is 10.2. The van der Waals surface area contributed by atoms with Crippen molar-refractivity contribution in [3.05, 3.63) is 53.5 Å². The van der Waals surface area contributed by atoms with E-state index in [0.717, 1.165) is 24.4 Å². The number of aryl methyl sites for hydroxylation is 1. The van der Waals surface area contributed by atoms with Gasteiger partial charge in [-0.15, -0.1) is 0 Å². The van der Waals surface area contributed by atoms with Gasteiger partial charge >= 0.3 is 0 Å². The zero-order valence-corrected chi connectivity index (χ0v) is 13.0. The summed E-state index contributed by atoms with van der Waals surface area (Å²) in [6.07, 6.45) is 2.59. The van der Waals surface area contributed by atoms with E-state index < -0.39 is 0 Å². The third-order valence-corrected chi connectivity index (χ3v) is 3.04. The van der Waals surface area contributed by atoms with E-state index in [-0.39, 0.29) is 0 Å². The molecule has 4 nitrogen and oxygen atoms in total. The van der Waals surface area contributed by atoms with Crippen LogP contribution < -0.4 is 10.1 Å². The van der Waals surface area contributed by atoms with Gasteiger partial charge in [0.25, 0.3) is 0 Å². The zero-order chi connectivity index (χ0) is 15.1. The summed E-state index contributed by atoms with van der Waals surface area (Å²) in [4.78, 5) is 8.71. The average Bonchev–Trinajstić information content (AvgIpc) is 2.46. The summed E-state index contributed by atoms with van der Waals surface area (Å²) in [5.41, 5.74) is 3.21. The van der Waals surface area contributed by atoms with Crippen LogP contribution in [0.1, 0.15) is 30.8 Å². The van der Waals surface area contributed by atoms with E-state index in [9.17, 15) is 0 Å². The van der Waals surface area contributed by atoms with E-state index in [1.807, 2.05) is 31.2 Å². The number of pyridine rings is 2. The second-order valence-electron chi connectivity index (χ2n) is 5.41. The quantitative estimate of drug-likeness (QED) is 0.849. The van der Waals surface area contributed by atoms with Gasteiger partial charge in [0, 0.05) is 42.7 Å². The molecule has 0 spiro atoms. The third kappa shape index (κ3) is 5.52. The van der Waals surface area contributed by atoms with Crippen molar-refractivity contribution in [1.82, 2.24) is 15.3 Å². The Labute approximate surface area is 126 Å². The van der Waals surface area contributed by atoms with Gasteiger partial charge < -0.3 is 10.1 Å². The van der Waals surface area contributed by atoms with Crippen molar-refractivity contribution < 1.29 is 4.74 Å². The molecule has 0 aliphatic heterocycles. The van der Waals surface area contributed by atoms with Gasteiger partial charge in [-0.3, -0.25) is 4.98 Å². The van der Waals surface area contributed by atoms with Crippen LogP contribution in [0.25, 0.3) is 0 Å². The molecule has 0 fully saturated rings. The minimum absolute atomic E-state index is 0.465. The predicted molar refractivity (Wildman–Crippen MR) is 84.4 cm³/mol. The molecule has 2 heterocycles. The lowest BCUT2D eigenvalue weighted by Crippen LogP contribution is -2.22. The summed E-state index contributed by atoms with van der Waals surface area (Å²) in [5, 5.41) is 3.40. The Morgan fingerprint density at radius 1 is 1.24 bits per heavy atom. The van der Waals surface area contributed by atoms with Crippen LogP contribution in [0.4, 0.5) is 0 Å². The van der Waals surface area contributed by atoms with Crippen molar-refractivity contribution in [1.29, 1.82) is 0 Å². The van der Waals surface area contributed by atoms with E-state index in [1.165, 1.54) is 5.56 Å². The fraction of sp³-hybridized carbons (Fsp3) is 0.412. The maximum atomic E-state index is 5.76. The minimum Gasteiger partial charge on any atom is -0.477 e. The minimum atomic E-state index is 0.465. The molecule has 1 N–H and O–H groups in total. The smallest absolute Gasteiger partial charge is 0.213 e. The fourth-order valence-corrected chi connectivity index (χ4v) is 2.01. The maximum Gasteiger partial charge on any atom is 0.213 e. The Kier molecular flexibility index (Phi) is 5.69. The van der Waals surface area contributed by atoms with Crippen LogP contribution in [0.5, 0.6) is 5.88 Å². The largest absolute Gasteiger partial charge is 0.477 e. The number of nitrogens with zero attached hydrogens (tertiary/aromatic N) is 2. The summed E-state index contributed by atoms with van der Waals surface area (Å²) >= 11 is 0. The highest BCUT2D eigenvalue weighted by Gasteiger charge is 2.03. The number of hydrogen-bond donors (Lipinski definition) is 1. The van der Waals surface area contributed by atoms with E-state index >= 15 is 0 Å². The Morgan fingerprint density at radius 3 is 2.81 bits per heavy atom. The molecule has 0 bridgehead atoms. The molecule has 112 valence electrons. The Hall–Kier alpha value is -1.94. The van der Waals surface area contributed by atoms with Gasteiger partial charge in [-0.2, -0.15) is 0 Å². The van der Waals surface area contributed by atoms with Crippen molar-refractivity contribution in [2.24, 2.45) is 0 Å². The van der Waals surface area contributed by atoms with Crippen LogP contribution in [-0.2, 0) is 13.0 Å². The van der Waals surface area contributed by atoms with E-state index in [2.05, 4.69) is 35.2 Å². The van der Waals surface area contributed by atoms with Crippen LogP contribution in [-0.4, -0.2) is 22.6 Å². The molecule has 0 radical (unpaired) electrons. The molecule has 0 atom stereocenters. The molecule has 0 amide bonds. The Morgan fingerprint density at radius 2 is 2.10 bits per heavy atom. The number of nitrogens with one attached hydrogen (secondary N) is 1. The SMILES string of the molecule is Cc1cc(CNC(C)C)cc(OCCc2ccccn2)n1. The monoisotopic (exact) mass is 285 g/mol. The van der Waals surface area contributed by atoms with Crippen LogP contribution in [0.3, 0.4) is 0 Å². The summed E-state index contributed by atoms with van der Waals surface area (Å²) in [6.45, 7) is 7.68. The Bertz CT molecular complexity index is 555. The molecule has 0 saturated carbocycles. The third-order valence-electron chi connectivity index (χ3n) is 3.04. The van der Waals surface area contributed by atoms with Gasteiger partial charge in [-0.05, 0) is 30.7 Å². The predicted octanol–water partition coefficient (Wildman–Crippen LogP) is 2.90. The van der Waals surface area contributed by atoms with E-state index in [0.29, 0.717) is 18.5 Å². The van der Waals surface area contributed by atoms with Gasteiger partial charge in [0.05, 0.1) is 6.61 Å². The molecule has 0 saturated heterocycles. The molecule has 0 aliphatic rings. The number of ether oxygens (including phenoxy) is 1. The fourth-order valence-electron chi connectivity index (χ4n) is 2.01. The second kappa shape index (κ2) is 7.74. The first kappa shape index (κ1) is 15.4. The standard InChI is InChI=1S/C17H23N3O/c1-13(2)19-12-15-10-14(3)20-17(11-15)21-9-7-16-6-4-5-8-18-16/h4-6,8,10-11,13,19H,7,9,12H2,1-3H3. The molecule has 0 unspecified atom stereocenters. The first-order valence-electron chi connectivity index (χ1n) is 7.37. The van der Waals surface area contributed by atoms with Crippen molar-refractivity contribution in [3.8, 4) is 5.88 Å². The number of rotatable bonds is 7.